The summed E-state index contributed by atoms with van der Waals surface area (Å²) >= 11 is 0. The van der Waals surface area contributed by atoms with Crippen LogP contribution in [0.3, 0.4) is 0 Å². The molecule has 1 rings (SSSR count). The maximum atomic E-state index is 6.24. The fraction of sp³-hybridized carbons (Fsp3) is 0.529. The average molecular weight is 276 g/mol. The van der Waals surface area contributed by atoms with Gasteiger partial charge in [-0.05, 0) is 30.1 Å². The first-order valence-electron chi connectivity index (χ1n) is 7.09. The van der Waals surface area contributed by atoms with Gasteiger partial charge in [0.05, 0.1) is 0 Å². The van der Waals surface area contributed by atoms with E-state index in [1.165, 1.54) is 5.56 Å². The Bertz CT molecular complexity index is 389. The van der Waals surface area contributed by atoms with E-state index < -0.39 is 8.32 Å². The summed E-state index contributed by atoms with van der Waals surface area (Å²) in [4.78, 5) is 0. The molecule has 106 valence electrons. The van der Waals surface area contributed by atoms with Crippen LogP contribution in [0.5, 0.6) is 0 Å². The van der Waals surface area contributed by atoms with E-state index in [-0.39, 0.29) is 5.04 Å². The van der Waals surface area contributed by atoms with Crippen molar-refractivity contribution in [2.75, 3.05) is 6.61 Å². The third-order valence-electron chi connectivity index (χ3n) is 4.21. The van der Waals surface area contributed by atoms with E-state index in [0.29, 0.717) is 5.92 Å². The molecule has 1 aromatic rings. The highest BCUT2D eigenvalue weighted by molar-refractivity contribution is 6.74. The first-order chi connectivity index (χ1) is 8.78. The molecule has 1 atom stereocenters. The summed E-state index contributed by atoms with van der Waals surface area (Å²) in [6.07, 6.45) is 3.05. The van der Waals surface area contributed by atoms with E-state index in [1.54, 1.807) is 0 Å². The Hall–Kier alpha value is -0.863. The molecule has 19 heavy (non-hydrogen) atoms. The molecule has 0 fully saturated rings. The highest BCUT2D eigenvalue weighted by atomic mass is 28.4. The summed E-state index contributed by atoms with van der Waals surface area (Å²) in [7, 11) is -1.62. The minimum Gasteiger partial charge on any atom is -0.417 e. The monoisotopic (exact) mass is 276 g/mol. The van der Waals surface area contributed by atoms with Crippen molar-refractivity contribution in [3.05, 3.63) is 48.6 Å². The second-order valence-corrected chi connectivity index (χ2v) is 11.5. The lowest BCUT2D eigenvalue weighted by Gasteiger charge is -2.36. The van der Waals surface area contributed by atoms with Gasteiger partial charge in [-0.1, -0.05) is 57.2 Å². The van der Waals surface area contributed by atoms with Crippen molar-refractivity contribution >= 4 is 8.32 Å². The molecule has 1 nitrogen and oxygen atoms in total. The molecule has 0 aliphatic carbocycles. The van der Waals surface area contributed by atoms with Crippen LogP contribution in [0.25, 0.3) is 0 Å². The predicted octanol–water partition coefficient (Wildman–Crippen LogP) is 5.37. The number of hydrogen-bond acceptors (Lipinski definition) is 1. The summed E-state index contributed by atoms with van der Waals surface area (Å²) in [5.74, 6) is 0.394. The lowest BCUT2D eigenvalue weighted by molar-refractivity contribution is 0.277. The highest BCUT2D eigenvalue weighted by Gasteiger charge is 2.36. The maximum Gasteiger partial charge on any atom is 0.191 e. The summed E-state index contributed by atoms with van der Waals surface area (Å²) in [6, 6.07) is 10.5. The standard InChI is InChI=1S/C17H28OSi/c1-7-15(16-11-9-8-10-12-16)13-14-18-19(5,6)17(2,3)4/h7-12,15H,1,13-14H2,2-6H3. The van der Waals surface area contributed by atoms with E-state index in [1.807, 2.05) is 6.08 Å². The molecular formula is C17H28OSi. The van der Waals surface area contributed by atoms with Gasteiger partial charge in [-0.3, -0.25) is 0 Å². The van der Waals surface area contributed by atoms with E-state index >= 15 is 0 Å². The minimum absolute atomic E-state index is 0.281. The zero-order valence-corrected chi connectivity index (χ0v) is 14.1. The summed E-state index contributed by atoms with van der Waals surface area (Å²) in [6.45, 7) is 16.2. The lowest BCUT2D eigenvalue weighted by atomic mass is 9.96. The van der Waals surface area contributed by atoms with Crippen LogP contribution in [0.15, 0.2) is 43.0 Å². The van der Waals surface area contributed by atoms with E-state index in [2.05, 4.69) is 70.8 Å². The molecule has 0 bridgehead atoms. The van der Waals surface area contributed by atoms with Crippen molar-refractivity contribution in [2.24, 2.45) is 0 Å². The predicted molar refractivity (Wildman–Crippen MR) is 87.1 cm³/mol. The Labute approximate surface area is 119 Å². The van der Waals surface area contributed by atoms with E-state index in [4.69, 9.17) is 4.43 Å². The minimum atomic E-state index is -1.62. The van der Waals surface area contributed by atoms with Gasteiger partial charge >= 0.3 is 0 Å². The van der Waals surface area contributed by atoms with Crippen molar-refractivity contribution in [2.45, 2.75) is 51.2 Å². The topological polar surface area (TPSA) is 9.23 Å². The number of rotatable bonds is 6. The molecule has 1 unspecified atom stereocenters. The number of benzene rings is 1. The van der Waals surface area contributed by atoms with Crippen molar-refractivity contribution in [1.29, 1.82) is 0 Å². The van der Waals surface area contributed by atoms with Gasteiger partial charge in [-0.2, -0.15) is 0 Å². The van der Waals surface area contributed by atoms with Crippen LogP contribution in [0.2, 0.25) is 18.1 Å². The van der Waals surface area contributed by atoms with Crippen molar-refractivity contribution in [1.82, 2.24) is 0 Å². The van der Waals surface area contributed by atoms with Gasteiger partial charge in [0.1, 0.15) is 0 Å². The Balaban J connectivity index is 2.54. The zero-order valence-electron chi connectivity index (χ0n) is 13.1. The van der Waals surface area contributed by atoms with Crippen LogP contribution in [-0.4, -0.2) is 14.9 Å². The number of allylic oxidation sites excluding steroid dienone is 1. The quantitative estimate of drug-likeness (QED) is 0.501. The van der Waals surface area contributed by atoms with Gasteiger partial charge in [0, 0.05) is 12.5 Å². The van der Waals surface area contributed by atoms with Crippen LogP contribution in [0.4, 0.5) is 0 Å². The van der Waals surface area contributed by atoms with Crippen LogP contribution in [-0.2, 0) is 4.43 Å². The average Bonchev–Trinajstić information content (AvgIpc) is 2.34. The smallest absolute Gasteiger partial charge is 0.191 e. The lowest BCUT2D eigenvalue weighted by Crippen LogP contribution is -2.41. The molecule has 0 aliphatic heterocycles. The first kappa shape index (κ1) is 16.2. The first-order valence-corrected chi connectivity index (χ1v) is 10.0. The molecule has 2 heteroatoms. The second kappa shape index (κ2) is 6.53. The zero-order chi connectivity index (χ0) is 14.5. The van der Waals surface area contributed by atoms with Crippen molar-refractivity contribution in [3.8, 4) is 0 Å². The van der Waals surface area contributed by atoms with Gasteiger partial charge in [-0.25, -0.2) is 0 Å². The Morgan fingerprint density at radius 2 is 1.79 bits per heavy atom. The molecular weight excluding hydrogens is 248 g/mol. The fourth-order valence-electron chi connectivity index (χ4n) is 1.78. The SMILES string of the molecule is C=CC(CCO[Si](C)(C)C(C)(C)C)c1ccccc1. The van der Waals surface area contributed by atoms with Crippen molar-refractivity contribution < 1.29 is 4.43 Å². The normalized spacial score (nSPS) is 14.2. The molecule has 0 aliphatic rings. The molecule has 0 saturated carbocycles. The molecule has 0 radical (unpaired) electrons. The van der Waals surface area contributed by atoms with E-state index in [9.17, 15) is 0 Å². The molecule has 0 saturated heterocycles. The maximum absolute atomic E-state index is 6.24. The summed E-state index contributed by atoms with van der Waals surface area (Å²) in [5, 5.41) is 0.281. The highest BCUT2D eigenvalue weighted by Crippen LogP contribution is 2.37. The Morgan fingerprint density at radius 1 is 1.21 bits per heavy atom. The van der Waals surface area contributed by atoms with Gasteiger partial charge in [0.15, 0.2) is 8.32 Å². The van der Waals surface area contributed by atoms with Crippen LogP contribution >= 0.6 is 0 Å². The van der Waals surface area contributed by atoms with Gasteiger partial charge in [0.25, 0.3) is 0 Å². The third kappa shape index (κ3) is 4.63. The van der Waals surface area contributed by atoms with Crippen molar-refractivity contribution in [3.63, 3.8) is 0 Å². The van der Waals surface area contributed by atoms with Crippen LogP contribution in [0, 0.1) is 0 Å². The molecule has 0 aromatic heterocycles. The molecule has 0 spiro atoms. The molecule has 0 N–H and O–H groups in total. The largest absolute Gasteiger partial charge is 0.417 e. The second-order valence-electron chi connectivity index (χ2n) is 6.65. The third-order valence-corrected chi connectivity index (χ3v) is 8.75. The number of hydrogen-bond donors (Lipinski definition) is 0. The summed E-state index contributed by atoms with van der Waals surface area (Å²) < 4.78 is 6.24. The summed E-state index contributed by atoms with van der Waals surface area (Å²) in [5.41, 5.74) is 1.33. The fourth-order valence-corrected chi connectivity index (χ4v) is 2.84. The molecule has 0 heterocycles. The van der Waals surface area contributed by atoms with Crippen LogP contribution in [0.1, 0.15) is 38.7 Å². The molecule has 1 aromatic carbocycles. The molecule has 0 amide bonds. The van der Waals surface area contributed by atoms with Gasteiger partial charge in [0.2, 0.25) is 0 Å². The Kier molecular flexibility index (Phi) is 5.57. The van der Waals surface area contributed by atoms with Gasteiger partial charge < -0.3 is 4.43 Å². The van der Waals surface area contributed by atoms with Crippen LogP contribution < -0.4 is 0 Å². The van der Waals surface area contributed by atoms with E-state index in [0.717, 1.165) is 13.0 Å². The van der Waals surface area contributed by atoms with Gasteiger partial charge in [-0.15, -0.1) is 6.58 Å². The Morgan fingerprint density at radius 3 is 2.26 bits per heavy atom.